The van der Waals surface area contributed by atoms with Gasteiger partial charge in [-0.05, 0) is 74.8 Å². The van der Waals surface area contributed by atoms with Gasteiger partial charge in [-0.15, -0.1) is 0 Å². The largest absolute Gasteiger partial charge is 0.351 e. The van der Waals surface area contributed by atoms with Gasteiger partial charge in [0.15, 0.2) is 0 Å². The van der Waals surface area contributed by atoms with Crippen molar-refractivity contribution in [2.45, 2.75) is 50.6 Å². The Morgan fingerprint density at radius 2 is 2.03 bits per heavy atom. The number of benzene rings is 1. The van der Waals surface area contributed by atoms with Gasteiger partial charge in [0.25, 0.3) is 5.91 Å². The fourth-order valence-corrected chi connectivity index (χ4v) is 6.78. The number of nitrogens with zero attached hydrogens (tertiary/aromatic N) is 3. The van der Waals surface area contributed by atoms with E-state index in [1.54, 1.807) is 5.57 Å². The fourth-order valence-electron chi connectivity index (χ4n) is 6.78. The molecular weight excluding hydrogens is 358 g/mol. The average Bonchev–Trinajstić information content (AvgIpc) is 3.13. The van der Waals surface area contributed by atoms with Gasteiger partial charge >= 0.3 is 0 Å². The van der Waals surface area contributed by atoms with Gasteiger partial charge in [0.1, 0.15) is 0 Å². The molecule has 4 atom stereocenters. The molecule has 4 heterocycles. The van der Waals surface area contributed by atoms with E-state index in [0.29, 0.717) is 12.0 Å². The Morgan fingerprint density at radius 3 is 2.97 bits per heavy atom. The highest BCUT2D eigenvalue weighted by atomic mass is 16.2. The number of carbonyl (C=O) groups excluding carboxylic acids is 1. The maximum atomic E-state index is 13.6. The first-order valence-corrected chi connectivity index (χ1v) is 11.5. The smallest absolute Gasteiger partial charge is 0.254 e. The number of hydrogen-bond donors (Lipinski definition) is 0. The number of aromatic nitrogens is 1. The molecule has 3 saturated heterocycles. The first kappa shape index (κ1) is 17.8. The van der Waals surface area contributed by atoms with Crippen LogP contribution in [-0.4, -0.2) is 52.0 Å². The number of rotatable bonds is 1. The molecule has 1 amide bonds. The highest BCUT2D eigenvalue weighted by Gasteiger charge is 2.46. The number of hydrogen-bond acceptors (Lipinski definition) is 2. The third kappa shape index (κ3) is 2.79. The summed E-state index contributed by atoms with van der Waals surface area (Å²) in [4.78, 5) is 18.6. The van der Waals surface area contributed by atoms with Crippen LogP contribution in [0.25, 0.3) is 10.9 Å². The van der Waals surface area contributed by atoms with Gasteiger partial charge in [0.05, 0.1) is 6.04 Å². The van der Waals surface area contributed by atoms with Gasteiger partial charge in [-0.3, -0.25) is 9.69 Å². The topological polar surface area (TPSA) is 28.5 Å². The maximum Gasteiger partial charge on any atom is 0.254 e. The van der Waals surface area contributed by atoms with Crippen molar-refractivity contribution in [1.82, 2.24) is 14.4 Å². The predicted octanol–water partition coefficient (Wildman–Crippen LogP) is 4.21. The second kappa shape index (κ2) is 6.73. The van der Waals surface area contributed by atoms with Crippen LogP contribution in [0.2, 0.25) is 0 Å². The normalized spacial score (nSPS) is 31.9. The number of carbonyl (C=O) groups is 1. The minimum absolute atomic E-state index is 0.227. The molecule has 1 aliphatic carbocycles. The lowest BCUT2D eigenvalue weighted by molar-refractivity contribution is 0.00148. The Bertz CT molecular complexity index is 989. The Labute approximate surface area is 173 Å². The summed E-state index contributed by atoms with van der Waals surface area (Å²) in [6.45, 7) is 3.34. The monoisotopic (exact) mass is 389 g/mol. The molecule has 0 radical (unpaired) electrons. The predicted molar refractivity (Wildman–Crippen MR) is 116 cm³/mol. The lowest BCUT2D eigenvalue weighted by atomic mass is 9.68. The van der Waals surface area contributed by atoms with Gasteiger partial charge in [0, 0.05) is 48.8 Å². The maximum absolute atomic E-state index is 13.6. The summed E-state index contributed by atoms with van der Waals surface area (Å²) in [6.07, 6.45) is 12.3. The van der Waals surface area contributed by atoms with Crippen LogP contribution in [0, 0.1) is 11.8 Å². The SMILES string of the molecule is Cn1ccc2cc(C(=O)N3CCCC4=C[C@H]5C[C@H](CN6CCCC[C@H]56)[C@@H]43)ccc21. The van der Waals surface area contributed by atoms with Crippen molar-refractivity contribution in [1.29, 1.82) is 0 Å². The summed E-state index contributed by atoms with van der Waals surface area (Å²) in [5.74, 6) is 1.56. The minimum atomic E-state index is 0.227. The number of fused-ring (bicyclic) bond motifs is 7. The summed E-state index contributed by atoms with van der Waals surface area (Å²) < 4.78 is 2.11. The Kier molecular flexibility index (Phi) is 4.12. The molecule has 29 heavy (non-hydrogen) atoms. The van der Waals surface area contributed by atoms with E-state index < -0.39 is 0 Å². The second-order valence-electron chi connectivity index (χ2n) is 9.71. The van der Waals surface area contributed by atoms with Crippen LogP contribution in [0.5, 0.6) is 0 Å². The Hall–Kier alpha value is -2.07. The number of aryl methyl sites for hydroxylation is 1. The van der Waals surface area contributed by atoms with Crippen LogP contribution in [0.15, 0.2) is 42.1 Å². The van der Waals surface area contributed by atoms with Crippen molar-refractivity contribution in [2.75, 3.05) is 19.6 Å². The molecule has 2 bridgehead atoms. The molecule has 4 heteroatoms. The quantitative estimate of drug-likeness (QED) is 0.684. The molecule has 4 aliphatic rings. The lowest BCUT2D eigenvalue weighted by Crippen LogP contribution is -2.60. The van der Waals surface area contributed by atoms with Crippen LogP contribution >= 0.6 is 0 Å². The van der Waals surface area contributed by atoms with Gasteiger partial charge in [-0.2, -0.15) is 0 Å². The summed E-state index contributed by atoms with van der Waals surface area (Å²) in [6, 6.07) is 9.40. The highest BCUT2D eigenvalue weighted by molar-refractivity contribution is 5.98. The summed E-state index contributed by atoms with van der Waals surface area (Å²) >= 11 is 0. The number of likely N-dealkylation sites (tertiary alicyclic amines) is 1. The molecular formula is C25H31N3O. The molecule has 2 aromatic rings. The average molecular weight is 390 g/mol. The summed E-state index contributed by atoms with van der Waals surface area (Å²) in [5, 5.41) is 1.16. The van der Waals surface area contributed by atoms with Gasteiger partial charge in [0.2, 0.25) is 0 Å². The van der Waals surface area contributed by atoms with Crippen molar-refractivity contribution in [3.8, 4) is 0 Å². The van der Waals surface area contributed by atoms with Gasteiger partial charge in [-0.1, -0.05) is 18.1 Å². The molecule has 0 saturated carbocycles. The molecule has 0 unspecified atom stereocenters. The Balaban J connectivity index is 1.33. The standard InChI is InChI=1S/C25H31N3O/c1-26-12-9-17-13-19(7-8-22(17)26)25(29)28-11-4-5-18-14-20-15-21(24(18)28)16-27-10-3-2-6-23(20)27/h7-9,12-14,20-21,23-24H,2-6,10-11,15-16H2,1H3/t20-,21+,23+,24+/m0/s1. The van der Waals surface area contributed by atoms with E-state index in [1.807, 2.05) is 6.07 Å². The molecule has 4 nitrogen and oxygen atoms in total. The molecule has 1 aromatic carbocycles. The van der Waals surface area contributed by atoms with E-state index in [2.05, 4.69) is 51.9 Å². The zero-order chi connectivity index (χ0) is 19.5. The first-order chi connectivity index (χ1) is 14.2. The van der Waals surface area contributed by atoms with Gasteiger partial charge < -0.3 is 9.47 Å². The number of piperidine rings is 3. The second-order valence-corrected chi connectivity index (χ2v) is 9.71. The third-order valence-corrected chi connectivity index (χ3v) is 8.05. The molecule has 0 spiro atoms. The van der Waals surface area contributed by atoms with Gasteiger partial charge in [-0.25, -0.2) is 0 Å². The zero-order valence-electron chi connectivity index (χ0n) is 17.4. The lowest BCUT2D eigenvalue weighted by Gasteiger charge is -2.54. The molecule has 3 fully saturated rings. The molecule has 1 aromatic heterocycles. The van der Waals surface area contributed by atoms with Crippen molar-refractivity contribution in [3.05, 3.63) is 47.7 Å². The van der Waals surface area contributed by atoms with Crippen LogP contribution in [0.3, 0.4) is 0 Å². The van der Waals surface area contributed by atoms with E-state index in [1.165, 1.54) is 50.7 Å². The van der Waals surface area contributed by atoms with Crippen molar-refractivity contribution < 1.29 is 4.79 Å². The molecule has 152 valence electrons. The van der Waals surface area contributed by atoms with E-state index in [0.717, 1.165) is 35.9 Å². The fraction of sp³-hybridized carbons (Fsp3) is 0.560. The van der Waals surface area contributed by atoms with Crippen LogP contribution in [0.1, 0.15) is 48.9 Å². The zero-order valence-corrected chi connectivity index (χ0v) is 17.4. The molecule has 0 N–H and O–H groups in total. The van der Waals surface area contributed by atoms with Crippen LogP contribution in [-0.2, 0) is 7.05 Å². The van der Waals surface area contributed by atoms with Crippen molar-refractivity contribution >= 4 is 16.8 Å². The molecule has 3 aliphatic heterocycles. The van der Waals surface area contributed by atoms with Crippen LogP contribution in [0.4, 0.5) is 0 Å². The number of amides is 1. The Morgan fingerprint density at radius 1 is 1.10 bits per heavy atom. The molecule has 6 rings (SSSR count). The third-order valence-electron chi connectivity index (χ3n) is 8.05. The van der Waals surface area contributed by atoms with E-state index in [9.17, 15) is 4.79 Å². The highest BCUT2D eigenvalue weighted by Crippen LogP contribution is 2.45. The summed E-state index contributed by atoms with van der Waals surface area (Å²) in [5.41, 5.74) is 3.60. The van der Waals surface area contributed by atoms with E-state index in [4.69, 9.17) is 0 Å². The van der Waals surface area contributed by atoms with Crippen molar-refractivity contribution in [3.63, 3.8) is 0 Å². The van der Waals surface area contributed by atoms with E-state index in [-0.39, 0.29) is 5.91 Å². The summed E-state index contributed by atoms with van der Waals surface area (Å²) in [7, 11) is 2.06. The van der Waals surface area contributed by atoms with Crippen molar-refractivity contribution in [2.24, 2.45) is 18.9 Å². The first-order valence-electron chi connectivity index (χ1n) is 11.5. The minimum Gasteiger partial charge on any atom is -0.351 e. The van der Waals surface area contributed by atoms with Crippen LogP contribution < -0.4 is 0 Å². The van der Waals surface area contributed by atoms with E-state index >= 15 is 0 Å².